The standard InChI is InChI=1S/C85H144O17P2/c1-5-9-13-17-21-25-29-33-36-38-39-41-44-47-50-54-58-62-66-70-83(88)96-76-81(102-85(90)72-68-64-60-56-52-48-42-35-31-27-23-19-15-11-7-3)78-100-104(93,94)98-74-79(86)73-97-103(91,92)99-77-80(101-84(89)71-67-63-59-55-51-45-32-28-24-20-16-12-8-4)75-95-82(87)69-65-61-57-53-49-46-43-40-37-34-30-26-22-18-14-10-6-2/h9-10,13-14,21-22,25-26,28,32-34,36-37,39,41,43,46-47,50,58,62,79-81,86H,5-8,11-12,15-20,23-24,27,29-31,35,38,40,42,44-45,48-49,51-57,59-61,63-78H2,1-4H3,(H,91,92)(H,93,94)/b13-9-,14-10-,25-21-,26-22-,32-28-,36-33-,37-34-,41-39-,46-43-,50-47-,62-58-. The molecule has 0 saturated heterocycles. The van der Waals surface area contributed by atoms with Gasteiger partial charge >= 0.3 is 39.5 Å². The fourth-order valence-corrected chi connectivity index (χ4v) is 12.1. The molecule has 0 heterocycles. The number of allylic oxidation sites excluding steroid dienone is 22. The van der Waals surface area contributed by atoms with Crippen LogP contribution in [0, 0.1) is 0 Å². The molecule has 0 fully saturated rings. The maximum atomic E-state index is 13.1. The smallest absolute Gasteiger partial charge is 0.462 e. The molecule has 0 aromatic heterocycles. The molecule has 0 aromatic rings. The van der Waals surface area contributed by atoms with Crippen molar-refractivity contribution in [3.8, 4) is 0 Å². The molecule has 5 unspecified atom stereocenters. The summed E-state index contributed by atoms with van der Waals surface area (Å²) in [4.78, 5) is 73.0. The molecule has 0 saturated carbocycles. The second kappa shape index (κ2) is 76.4. The number of hydrogen-bond donors (Lipinski definition) is 3. The van der Waals surface area contributed by atoms with Crippen LogP contribution in [0.15, 0.2) is 134 Å². The summed E-state index contributed by atoms with van der Waals surface area (Å²) in [6, 6.07) is 0. The number of rotatable bonds is 75. The lowest BCUT2D eigenvalue weighted by Crippen LogP contribution is -2.30. The summed E-state index contributed by atoms with van der Waals surface area (Å²) in [7, 11) is -9.99. The average Bonchev–Trinajstić information content (AvgIpc) is 0.911. The third-order valence-electron chi connectivity index (χ3n) is 16.6. The van der Waals surface area contributed by atoms with Crippen molar-refractivity contribution in [3.05, 3.63) is 134 Å². The van der Waals surface area contributed by atoms with Crippen LogP contribution >= 0.6 is 15.6 Å². The van der Waals surface area contributed by atoms with Gasteiger partial charge in [-0.2, -0.15) is 0 Å². The first kappa shape index (κ1) is 99.2. The predicted molar refractivity (Wildman–Crippen MR) is 427 cm³/mol. The highest BCUT2D eigenvalue weighted by Crippen LogP contribution is 2.45. The Kier molecular flexibility index (Phi) is 72.9. The molecule has 0 aromatic carbocycles. The second-order valence-corrected chi connectivity index (χ2v) is 29.5. The van der Waals surface area contributed by atoms with Gasteiger partial charge < -0.3 is 33.8 Å². The van der Waals surface area contributed by atoms with Crippen molar-refractivity contribution in [2.45, 2.75) is 341 Å². The summed E-state index contributed by atoms with van der Waals surface area (Å²) >= 11 is 0. The van der Waals surface area contributed by atoms with Crippen LogP contribution in [0.2, 0.25) is 0 Å². The minimum atomic E-state index is -5.00. The lowest BCUT2D eigenvalue weighted by Gasteiger charge is -2.21. The van der Waals surface area contributed by atoms with Crippen LogP contribution in [0.3, 0.4) is 0 Å². The zero-order chi connectivity index (χ0) is 76.0. The topological polar surface area (TPSA) is 237 Å². The van der Waals surface area contributed by atoms with E-state index in [9.17, 15) is 43.2 Å². The minimum Gasteiger partial charge on any atom is -0.462 e. The summed E-state index contributed by atoms with van der Waals surface area (Å²) in [6.07, 6.45) is 85.8. The highest BCUT2D eigenvalue weighted by Gasteiger charge is 2.30. The molecular formula is C85H144O17P2. The van der Waals surface area contributed by atoms with Crippen molar-refractivity contribution in [2.24, 2.45) is 0 Å². The van der Waals surface area contributed by atoms with Crippen LogP contribution in [0.1, 0.15) is 323 Å². The Morgan fingerprint density at radius 3 is 0.846 bits per heavy atom. The third kappa shape index (κ3) is 75.4. The van der Waals surface area contributed by atoms with Crippen LogP contribution in [-0.2, 0) is 65.4 Å². The maximum Gasteiger partial charge on any atom is 0.472 e. The van der Waals surface area contributed by atoms with E-state index in [-0.39, 0.29) is 25.7 Å². The zero-order valence-electron chi connectivity index (χ0n) is 65.2. The van der Waals surface area contributed by atoms with Gasteiger partial charge in [-0.25, -0.2) is 9.13 Å². The fraction of sp³-hybridized carbons (Fsp3) is 0.694. The normalized spacial score (nSPS) is 14.6. The third-order valence-corrected chi connectivity index (χ3v) is 18.5. The van der Waals surface area contributed by atoms with Crippen LogP contribution in [0.25, 0.3) is 0 Å². The summed E-state index contributed by atoms with van der Waals surface area (Å²) in [5.74, 6) is -2.30. The number of ether oxygens (including phenoxy) is 4. The van der Waals surface area contributed by atoms with Gasteiger partial charge in [0.1, 0.15) is 19.3 Å². The molecular weight excluding hydrogens is 1350 g/mol. The minimum absolute atomic E-state index is 0.0352. The highest BCUT2D eigenvalue weighted by molar-refractivity contribution is 7.47. The highest BCUT2D eigenvalue weighted by atomic mass is 31.2. The summed E-state index contributed by atoms with van der Waals surface area (Å²) < 4.78 is 68.5. The predicted octanol–water partition coefficient (Wildman–Crippen LogP) is 23.7. The van der Waals surface area contributed by atoms with Gasteiger partial charge in [-0.3, -0.25) is 37.3 Å². The SMILES string of the molecule is CC/C=C\C/C=C\C/C=C\C/C=C\C/C=C\C/C=C\CCC(=O)OCC(COP(=O)(O)OCC(O)COP(=O)(O)OCC(COC(=O)CCCCCC/C=C\C/C=C\C/C=C\C/C=C\CC)OC(=O)CCCCCCC/C=C\CCCCCC)OC(=O)CCCCCCCCCCCCCCCCC. The number of aliphatic hydroxyl groups excluding tert-OH is 1. The molecule has 0 aliphatic heterocycles. The quantitative estimate of drug-likeness (QED) is 0.0169. The lowest BCUT2D eigenvalue weighted by atomic mass is 10.0. The Morgan fingerprint density at radius 1 is 0.279 bits per heavy atom. The van der Waals surface area contributed by atoms with E-state index in [4.69, 9.17) is 37.0 Å². The van der Waals surface area contributed by atoms with Crippen molar-refractivity contribution in [1.29, 1.82) is 0 Å². The van der Waals surface area contributed by atoms with Crippen molar-refractivity contribution in [2.75, 3.05) is 39.6 Å². The monoisotopic (exact) mass is 1500 g/mol. The zero-order valence-corrected chi connectivity index (χ0v) is 66.9. The first-order valence-electron chi connectivity index (χ1n) is 40.4. The molecule has 19 heteroatoms. The van der Waals surface area contributed by atoms with E-state index >= 15 is 0 Å². The summed E-state index contributed by atoms with van der Waals surface area (Å²) in [6.45, 7) is 4.54. The Morgan fingerprint density at radius 2 is 0.519 bits per heavy atom. The number of carbonyl (C=O) groups excluding carboxylic acids is 4. The van der Waals surface area contributed by atoms with Crippen LogP contribution in [0.4, 0.5) is 0 Å². The van der Waals surface area contributed by atoms with Crippen LogP contribution in [-0.4, -0.2) is 96.7 Å². The van der Waals surface area contributed by atoms with Gasteiger partial charge in [0.25, 0.3) is 0 Å². The molecule has 0 radical (unpaired) electrons. The molecule has 0 bridgehead atoms. The van der Waals surface area contributed by atoms with Gasteiger partial charge in [-0.1, -0.05) is 303 Å². The Labute approximate surface area is 631 Å². The van der Waals surface area contributed by atoms with E-state index in [2.05, 4.69) is 143 Å². The Balaban J connectivity index is 5.43. The molecule has 3 N–H and O–H groups in total. The number of aliphatic hydroxyl groups is 1. The van der Waals surface area contributed by atoms with E-state index in [0.29, 0.717) is 32.1 Å². The van der Waals surface area contributed by atoms with Gasteiger partial charge in [0.2, 0.25) is 0 Å². The first-order chi connectivity index (χ1) is 50.7. The number of esters is 4. The molecule has 0 spiro atoms. The number of hydrogen-bond acceptors (Lipinski definition) is 15. The van der Waals surface area contributed by atoms with E-state index in [0.717, 1.165) is 148 Å². The number of phosphoric ester groups is 2. The van der Waals surface area contributed by atoms with Gasteiger partial charge in [-0.05, 0) is 128 Å². The maximum absolute atomic E-state index is 13.1. The first-order valence-corrected chi connectivity index (χ1v) is 43.4. The second-order valence-electron chi connectivity index (χ2n) is 26.6. The van der Waals surface area contributed by atoms with Crippen molar-refractivity contribution >= 4 is 39.5 Å². The van der Waals surface area contributed by atoms with E-state index in [1.165, 1.54) is 89.9 Å². The van der Waals surface area contributed by atoms with E-state index < -0.39 is 97.5 Å². The van der Waals surface area contributed by atoms with Gasteiger partial charge in [0, 0.05) is 25.7 Å². The molecule has 0 rings (SSSR count). The molecule has 17 nitrogen and oxygen atoms in total. The summed E-state index contributed by atoms with van der Waals surface area (Å²) in [5.41, 5.74) is 0. The van der Waals surface area contributed by atoms with Crippen LogP contribution in [0.5, 0.6) is 0 Å². The van der Waals surface area contributed by atoms with Gasteiger partial charge in [0.05, 0.1) is 26.4 Å². The largest absolute Gasteiger partial charge is 0.472 e. The summed E-state index contributed by atoms with van der Waals surface area (Å²) in [5, 5.41) is 10.6. The molecule has 5 atom stereocenters. The van der Waals surface area contributed by atoms with E-state index in [1.54, 1.807) is 0 Å². The number of carbonyl (C=O) groups is 4. The van der Waals surface area contributed by atoms with Gasteiger partial charge in [-0.15, -0.1) is 0 Å². The lowest BCUT2D eigenvalue weighted by molar-refractivity contribution is -0.161. The molecule has 0 amide bonds. The van der Waals surface area contributed by atoms with Crippen molar-refractivity contribution in [1.82, 2.24) is 0 Å². The molecule has 0 aliphatic carbocycles. The van der Waals surface area contributed by atoms with Crippen molar-refractivity contribution < 1.29 is 80.2 Å². The van der Waals surface area contributed by atoms with Gasteiger partial charge in [0.15, 0.2) is 12.2 Å². The Hall–Kier alpha value is -4.80. The average molecular weight is 1500 g/mol. The van der Waals surface area contributed by atoms with Crippen LogP contribution < -0.4 is 0 Å². The molecule has 104 heavy (non-hydrogen) atoms. The number of unbranched alkanes of at least 4 members (excludes halogenated alkanes) is 27. The number of phosphoric acid groups is 2. The van der Waals surface area contributed by atoms with Crippen molar-refractivity contribution in [3.63, 3.8) is 0 Å². The fourth-order valence-electron chi connectivity index (χ4n) is 10.5. The Bertz CT molecular complexity index is 2490. The molecule has 0 aliphatic rings. The molecule has 596 valence electrons. The van der Waals surface area contributed by atoms with E-state index in [1.807, 2.05) is 18.2 Å².